The highest BCUT2D eigenvalue weighted by atomic mass is 16.1. The van der Waals surface area contributed by atoms with Crippen LogP contribution in [0.1, 0.15) is 34.3 Å². The Morgan fingerprint density at radius 3 is 2.50 bits per heavy atom. The van der Waals surface area contributed by atoms with Crippen LogP contribution in [-0.4, -0.2) is 11.3 Å². The lowest BCUT2D eigenvalue weighted by atomic mass is 9.98. The van der Waals surface area contributed by atoms with Crippen LogP contribution in [0.4, 0.5) is 0 Å². The predicted octanol–water partition coefficient (Wildman–Crippen LogP) is 4.61. The van der Waals surface area contributed by atoms with Crippen molar-refractivity contribution in [3.8, 4) is 0 Å². The third kappa shape index (κ3) is 3.22. The molecule has 0 saturated heterocycles. The number of aldehydes is 1. The first kappa shape index (κ1) is 14.5. The van der Waals surface area contributed by atoms with Crippen molar-refractivity contribution >= 4 is 17.2 Å². The molecule has 2 aromatic carbocycles. The van der Waals surface area contributed by atoms with Gasteiger partial charge in [-0.1, -0.05) is 42.5 Å². The molecular weight excluding hydrogens is 270 g/mol. The van der Waals surface area contributed by atoms with E-state index in [1.165, 1.54) is 17.5 Å². The molecule has 0 bridgehead atoms. The van der Waals surface area contributed by atoms with E-state index >= 15 is 0 Å². The minimum atomic E-state index is 0.670. The lowest BCUT2D eigenvalue weighted by molar-refractivity contribution is 0.112. The number of carbonyl (C=O) groups is 1. The zero-order valence-electron chi connectivity index (χ0n) is 12.5. The number of rotatable bonds is 6. The van der Waals surface area contributed by atoms with Gasteiger partial charge in [0.05, 0.1) is 5.52 Å². The summed E-state index contributed by atoms with van der Waals surface area (Å²) in [6.45, 7) is 0. The summed E-state index contributed by atoms with van der Waals surface area (Å²) in [4.78, 5) is 15.5. The van der Waals surface area contributed by atoms with Crippen molar-refractivity contribution in [2.24, 2.45) is 0 Å². The lowest BCUT2D eigenvalue weighted by Gasteiger charge is -2.08. The third-order valence-electron chi connectivity index (χ3n) is 4.02. The van der Waals surface area contributed by atoms with Crippen molar-refractivity contribution in [1.29, 1.82) is 0 Å². The van der Waals surface area contributed by atoms with E-state index in [1.807, 2.05) is 12.1 Å². The molecule has 110 valence electrons. The average molecular weight is 289 g/mol. The molecule has 2 nitrogen and oxygen atoms in total. The normalized spacial score (nSPS) is 10.7. The summed E-state index contributed by atoms with van der Waals surface area (Å²) in [6, 6.07) is 18.5. The number of pyridine rings is 1. The van der Waals surface area contributed by atoms with E-state index in [0.717, 1.165) is 36.5 Å². The van der Waals surface area contributed by atoms with Gasteiger partial charge in [-0.2, -0.15) is 0 Å². The quantitative estimate of drug-likeness (QED) is 0.490. The fraction of sp³-hybridized carbons (Fsp3) is 0.200. The maximum absolute atomic E-state index is 11.1. The van der Waals surface area contributed by atoms with Gasteiger partial charge >= 0.3 is 0 Å². The Bertz CT molecular complexity index is 765. The van der Waals surface area contributed by atoms with Crippen LogP contribution in [0.2, 0.25) is 0 Å². The van der Waals surface area contributed by atoms with E-state index in [2.05, 4.69) is 47.4 Å². The van der Waals surface area contributed by atoms with Gasteiger partial charge in [0.25, 0.3) is 0 Å². The smallest absolute Gasteiger partial charge is 0.152 e. The standard InChI is InChI=1S/C20H19NO/c22-15-18-13-12-17(19-11-6-14-21-20(18)19)10-5-4-9-16-7-2-1-3-8-16/h1-3,6-8,11-15H,4-5,9-10H2. The molecule has 0 saturated carbocycles. The summed E-state index contributed by atoms with van der Waals surface area (Å²) in [6.07, 6.45) is 7.07. The second-order valence-corrected chi connectivity index (χ2v) is 5.52. The Morgan fingerprint density at radius 1 is 0.864 bits per heavy atom. The van der Waals surface area contributed by atoms with Gasteiger partial charge in [0, 0.05) is 17.1 Å². The molecule has 0 spiro atoms. The largest absolute Gasteiger partial charge is 0.298 e. The Morgan fingerprint density at radius 2 is 1.68 bits per heavy atom. The number of aromatic nitrogens is 1. The van der Waals surface area contributed by atoms with Crippen molar-refractivity contribution in [3.05, 3.63) is 77.5 Å². The first-order chi connectivity index (χ1) is 10.9. The third-order valence-corrected chi connectivity index (χ3v) is 4.02. The monoisotopic (exact) mass is 289 g/mol. The van der Waals surface area contributed by atoms with Crippen molar-refractivity contribution in [3.63, 3.8) is 0 Å². The van der Waals surface area contributed by atoms with Gasteiger partial charge in [-0.15, -0.1) is 0 Å². The maximum Gasteiger partial charge on any atom is 0.152 e. The van der Waals surface area contributed by atoms with E-state index in [1.54, 1.807) is 6.20 Å². The number of hydrogen-bond acceptors (Lipinski definition) is 2. The molecule has 22 heavy (non-hydrogen) atoms. The summed E-state index contributed by atoms with van der Waals surface area (Å²) in [5, 5.41) is 1.10. The van der Waals surface area contributed by atoms with Crippen molar-refractivity contribution in [2.75, 3.05) is 0 Å². The summed E-state index contributed by atoms with van der Waals surface area (Å²) in [7, 11) is 0. The minimum Gasteiger partial charge on any atom is -0.298 e. The SMILES string of the molecule is O=Cc1ccc(CCCCc2ccccc2)c2cccnc12. The highest BCUT2D eigenvalue weighted by Crippen LogP contribution is 2.21. The number of fused-ring (bicyclic) bond motifs is 1. The van der Waals surface area contributed by atoms with Gasteiger partial charge in [-0.05, 0) is 48.9 Å². The van der Waals surface area contributed by atoms with Crippen LogP contribution < -0.4 is 0 Å². The van der Waals surface area contributed by atoms with Gasteiger partial charge in [-0.3, -0.25) is 9.78 Å². The number of nitrogens with zero attached hydrogens (tertiary/aromatic N) is 1. The lowest BCUT2D eigenvalue weighted by Crippen LogP contribution is -1.94. The minimum absolute atomic E-state index is 0.670. The molecule has 0 N–H and O–H groups in total. The van der Waals surface area contributed by atoms with Gasteiger partial charge in [0.15, 0.2) is 6.29 Å². The molecule has 1 heterocycles. The first-order valence-corrected chi connectivity index (χ1v) is 7.74. The molecular formula is C20H19NO. The fourth-order valence-corrected chi connectivity index (χ4v) is 2.86. The predicted molar refractivity (Wildman–Crippen MR) is 90.2 cm³/mol. The summed E-state index contributed by atoms with van der Waals surface area (Å²) in [5.74, 6) is 0. The Hall–Kier alpha value is -2.48. The van der Waals surface area contributed by atoms with E-state index < -0.39 is 0 Å². The Balaban J connectivity index is 1.68. The van der Waals surface area contributed by atoms with Crippen LogP contribution in [0.5, 0.6) is 0 Å². The van der Waals surface area contributed by atoms with Crippen LogP contribution in [0.15, 0.2) is 60.8 Å². The molecule has 3 rings (SSSR count). The second-order valence-electron chi connectivity index (χ2n) is 5.52. The topological polar surface area (TPSA) is 30.0 Å². The van der Waals surface area contributed by atoms with Crippen LogP contribution in [0, 0.1) is 0 Å². The molecule has 0 amide bonds. The maximum atomic E-state index is 11.1. The molecule has 0 aliphatic heterocycles. The summed E-state index contributed by atoms with van der Waals surface area (Å²) >= 11 is 0. The number of hydrogen-bond donors (Lipinski definition) is 0. The molecule has 2 heteroatoms. The van der Waals surface area contributed by atoms with Gasteiger partial charge in [0.2, 0.25) is 0 Å². The number of unbranched alkanes of at least 4 members (excludes halogenated alkanes) is 1. The molecule has 0 aliphatic rings. The van der Waals surface area contributed by atoms with E-state index in [9.17, 15) is 4.79 Å². The molecule has 3 aromatic rings. The van der Waals surface area contributed by atoms with Gasteiger partial charge < -0.3 is 0 Å². The van der Waals surface area contributed by atoms with Crippen LogP contribution >= 0.6 is 0 Å². The Kier molecular flexibility index (Phi) is 4.59. The summed E-state index contributed by atoms with van der Waals surface area (Å²) in [5.41, 5.74) is 4.16. The van der Waals surface area contributed by atoms with E-state index in [0.29, 0.717) is 5.56 Å². The summed E-state index contributed by atoms with van der Waals surface area (Å²) < 4.78 is 0. The number of aryl methyl sites for hydroxylation is 2. The Labute approximate surface area is 130 Å². The molecule has 0 fully saturated rings. The molecule has 0 atom stereocenters. The first-order valence-electron chi connectivity index (χ1n) is 7.74. The highest BCUT2D eigenvalue weighted by Gasteiger charge is 2.06. The van der Waals surface area contributed by atoms with Crippen molar-refractivity contribution in [1.82, 2.24) is 4.98 Å². The zero-order valence-corrected chi connectivity index (χ0v) is 12.5. The van der Waals surface area contributed by atoms with E-state index in [-0.39, 0.29) is 0 Å². The molecule has 0 aliphatic carbocycles. The zero-order chi connectivity index (χ0) is 15.2. The van der Waals surface area contributed by atoms with E-state index in [4.69, 9.17) is 0 Å². The molecule has 0 radical (unpaired) electrons. The highest BCUT2D eigenvalue weighted by molar-refractivity contribution is 5.96. The molecule has 0 unspecified atom stereocenters. The van der Waals surface area contributed by atoms with Gasteiger partial charge in [0.1, 0.15) is 0 Å². The van der Waals surface area contributed by atoms with Crippen LogP contribution in [-0.2, 0) is 12.8 Å². The van der Waals surface area contributed by atoms with Crippen molar-refractivity contribution in [2.45, 2.75) is 25.7 Å². The number of carbonyl (C=O) groups excluding carboxylic acids is 1. The average Bonchev–Trinajstić information content (AvgIpc) is 2.59. The molecule has 1 aromatic heterocycles. The van der Waals surface area contributed by atoms with Gasteiger partial charge in [-0.25, -0.2) is 0 Å². The van der Waals surface area contributed by atoms with Crippen LogP contribution in [0.25, 0.3) is 10.9 Å². The van der Waals surface area contributed by atoms with Crippen molar-refractivity contribution < 1.29 is 4.79 Å². The fourth-order valence-electron chi connectivity index (χ4n) is 2.86. The number of benzene rings is 2. The second kappa shape index (κ2) is 6.99. The van der Waals surface area contributed by atoms with Crippen LogP contribution in [0.3, 0.4) is 0 Å².